The van der Waals surface area contributed by atoms with Crippen molar-refractivity contribution in [2.75, 3.05) is 11.9 Å². The molecule has 0 amide bonds. The van der Waals surface area contributed by atoms with E-state index in [1.54, 1.807) is 0 Å². The number of anilines is 1. The van der Waals surface area contributed by atoms with E-state index in [2.05, 4.69) is 20.3 Å². The Morgan fingerprint density at radius 2 is 2.11 bits per heavy atom. The first kappa shape index (κ1) is 11.6. The van der Waals surface area contributed by atoms with Crippen molar-refractivity contribution in [3.63, 3.8) is 0 Å². The summed E-state index contributed by atoms with van der Waals surface area (Å²) in [5, 5.41) is 4.28. The lowest BCUT2D eigenvalue weighted by Crippen LogP contribution is -2.10. The molecule has 0 unspecified atom stereocenters. The normalized spacial score (nSPS) is 10.8. The average Bonchev–Trinajstić information content (AvgIpc) is 2.84. The SMILES string of the molecule is Cn1ccnc1CCNc1ncc2ccccc2n1. The van der Waals surface area contributed by atoms with Gasteiger partial charge in [-0.25, -0.2) is 15.0 Å². The molecule has 3 aromatic rings. The van der Waals surface area contributed by atoms with Gasteiger partial charge in [0.25, 0.3) is 0 Å². The Kier molecular flexibility index (Phi) is 3.10. The first-order valence-corrected chi connectivity index (χ1v) is 6.25. The predicted molar refractivity (Wildman–Crippen MR) is 74.9 cm³/mol. The van der Waals surface area contributed by atoms with E-state index in [1.807, 2.05) is 54.5 Å². The van der Waals surface area contributed by atoms with Crippen LogP contribution in [0.4, 0.5) is 5.95 Å². The van der Waals surface area contributed by atoms with Crippen LogP contribution in [0.2, 0.25) is 0 Å². The largest absolute Gasteiger partial charge is 0.354 e. The number of nitrogens with one attached hydrogen (secondary N) is 1. The fraction of sp³-hybridized carbons (Fsp3) is 0.214. The second-order valence-corrected chi connectivity index (χ2v) is 4.38. The average molecular weight is 253 g/mol. The summed E-state index contributed by atoms with van der Waals surface area (Å²) in [6.45, 7) is 0.767. The molecule has 5 nitrogen and oxygen atoms in total. The van der Waals surface area contributed by atoms with Crippen molar-refractivity contribution in [1.82, 2.24) is 19.5 Å². The van der Waals surface area contributed by atoms with Crippen LogP contribution >= 0.6 is 0 Å². The van der Waals surface area contributed by atoms with E-state index >= 15 is 0 Å². The molecule has 0 aliphatic carbocycles. The lowest BCUT2D eigenvalue weighted by atomic mass is 10.2. The third-order valence-electron chi connectivity index (χ3n) is 3.04. The number of para-hydroxylation sites is 1. The Morgan fingerprint density at radius 3 is 2.95 bits per heavy atom. The van der Waals surface area contributed by atoms with E-state index in [-0.39, 0.29) is 0 Å². The van der Waals surface area contributed by atoms with Crippen LogP contribution < -0.4 is 5.32 Å². The molecule has 19 heavy (non-hydrogen) atoms. The Bertz CT molecular complexity index is 689. The second-order valence-electron chi connectivity index (χ2n) is 4.38. The molecule has 0 aliphatic rings. The van der Waals surface area contributed by atoms with Crippen molar-refractivity contribution in [2.45, 2.75) is 6.42 Å². The maximum atomic E-state index is 4.47. The van der Waals surface area contributed by atoms with Crippen molar-refractivity contribution in [3.8, 4) is 0 Å². The Hall–Kier alpha value is -2.43. The van der Waals surface area contributed by atoms with Crippen LogP contribution in [0.25, 0.3) is 10.9 Å². The third kappa shape index (κ3) is 2.54. The van der Waals surface area contributed by atoms with Crippen molar-refractivity contribution < 1.29 is 0 Å². The van der Waals surface area contributed by atoms with E-state index < -0.39 is 0 Å². The highest BCUT2D eigenvalue weighted by molar-refractivity contribution is 5.78. The first-order chi connectivity index (χ1) is 9.33. The Labute approximate surface area is 111 Å². The molecule has 2 aromatic heterocycles. The molecule has 96 valence electrons. The minimum absolute atomic E-state index is 0.660. The smallest absolute Gasteiger partial charge is 0.223 e. The number of nitrogens with zero attached hydrogens (tertiary/aromatic N) is 4. The van der Waals surface area contributed by atoms with E-state index in [4.69, 9.17) is 0 Å². The monoisotopic (exact) mass is 253 g/mol. The number of aryl methyl sites for hydroxylation is 1. The molecule has 2 heterocycles. The van der Waals surface area contributed by atoms with E-state index in [0.717, 1.165) is 29.7 Å². The predicted octanol–water partition coefficient (Wildman–Crippen LogP) is 2.02. The van der Waals surface area contributed by atoms with Gasteiger partial charge in [0.2, 0.25) is 5.95 Å². The standard InChI is InChI=1S/C14H15N5/c1-19-9-8-15-13(19)6-7-16-14-17-10-11-4-2-3-5-12(11)18-14/h2-5,8-10H,6-7H2,1H3,(H,16,17,18). The van der Waals surface area contributed by atoms with Crippen LogP contribution in [0.5, 0.6) is 0 Å². The third-order valence-corrected chi connectivity index (χ3v) is 3.04. The molecule has 0 fully saturated rings. The second kappa shape index (κ2) is 5.06. The minimum atomic E-state index is 0.660. The molecule has 0 saturated carbocycles. The van der Waals surface area contributed by atoms with Crippen molar-refractivity contribution in [2.24, 2.45) is 7.05 Å². The quantitative estimate of drug-likeness (QED) is 0.773. The molecular formula is C14H15N5. The maximum absolute atomic E-state index is 4.47. The molecule has 0 radical (unpaired) electrons. The van der Waals surface area contributed by atoms with Crippen molar-refractivity contribution in [3.05, 3.63) is 48.7 Å². The number of fused-ring (bicyclic) bond motifs is 1. The summed E-state index contributed by atoms with van der Waals surface area (Å²) in [7, 11) is 1.99. The van der Waals surface area contributed by atoms with Gasteiger partial charge in [-0.3, -0.25) is 0 Å². The number of imidazole rings is 1. The zero-order chi connectivity index (χ0) is 13.1. The number of hydrogen-bond donors (Lipinski definition) is 1. The Morgan fingerprint density at radius 1 is 1.21 bits per heavy atom. The molecular weight excluding hydrogens is 238 g/mol. The molecule has 3 rings (SSSR count). The van der Waals surface area contributed by atoms with E-state index in [0.29, 0.717) is 5.95 Å². The van der Waals surface area contributed by atoms with Crippen LogP contribution in [0.1, 0.15) is 5.82 Å². The van der Waals surface area contributed by atoms with Gasteiger partial charge in [-0.05, 0) is 6.07 Å². The minimum Gasteiger partial charge on any atom is -0.354 e. The van der Waals surface area contributed by atoms with Crippen LogP contribution in [-0.2, 0) is 13.5 Å². The van der Waals surface area contributed by atoms with E-state index in [1.165, 1.54) is 0 Å². The van der Waals surface area contributed by atoms with Gasteiger partial charge in [0.15, 0.2) is 0 Å². The number of hydrogen-bond acceptors (Lipinski definition) is 4. The number of aromatic nitrogens is 4. The van der Waals surface area contributed by atoms with Crippen LogP contribution in [-0.4, -0.2) is 26.1 Å². The fourth-order valence-corrected chi connectivity index (χ4v) is 1.98. The molecule has 0 aliphatic heterocycles. The fourth-order valence-electron chi connectivity index (χ4n) is 1.98. The van der Waals surface area contributed by atoms with Crippen LogP contribution in [0.3, 0.4) is 0 Å². The lowest BCUT2D eigenvalue weighted by Gasteiger charge is -2.05. The summed E-state index contributed by atoms with van der Waals surface area (Å²) in [4.78, 5) is 13.0. The van der Waals surface area contributed by atoms with Gasteiger partial charge in [-0.1, -0.05) is 18.2 Å². The van der Waals surface area contributed by atoms with Gasteiger partial charge in [0, 0.05) is 44.0 Å². The molecule has 5 heteroatoms. The maximum Gasteiger partial charge on any atom is 0.223 e. The Balaban J connectivity index is 1.67. The van der Waals surface area contributed by atoms with Gasteiger partial charge in [0.05, 0.1) is 5.52 Å². The summed E-state index contributed by atoms with van der Waals surface area (Å²) >= 11 is 0. The number of rotatable bonds is 4. The highest BCUT2D eigenvalue weighted by atomic mass is 15.1. The molecule has 1 aromatic carbocycles. The number of benzene rings is 1. The van der Waals surface area contributed by atoms with Gasteiger partial charge >= 0.3 is 0 Å². The summed E-state index contributed by atoms with van der Waals surface area (Å²) in [5.74, 6) is 1.71. The summed E-state index contributed by atoms with van der Waals surface area (Å²) in [6.07, 6.45) is 6.44. The van der Waals surface area contributed by atoms with Gasteiger partial charge in [-0.2, -0.15) is 0 Å². The highest BCUT2D eigenvalue weighted by Gasteiger charge is 2.01. The van der Waals surface area contributed by atoms with Gasteiger partial charge < -0.3 is 9.88 Å². The van der Waals surface area contributed by atoms with Crippen molar-refractivity contribution >= 4 is 16.9 Å². The van der Waals surface area contributed by atoms with Gasteiger partial charge in [-0.15, -0.1) is 0 Å². The zero-order valence-electron chi connectivity index (χ0n) is 10.7. The first-order valence-electron chi connectivity index (χ1n) is 6.25. The van der Waals surface area contributed by atoms with Crippen LogP contribution in [0, 0.1) is 0 Å². The molecule has 1 N–H and O–H groups in total. The zero-order valence-corrected chi connectivity index (χ0v) is 10.7. The molecule has 0 atom stereocenters. The summed E-state index contributed by atoms with van der Waals surface area (Å²) in [6, 6.07) is 7.96. The highest BCUT2D eigenvalue weighted by Crippen LogP contribution is 2.11. The van der Waals surface area contributed by atoms with Crippen molar-refractivity contribution in [1.29, 1.82) is 0 Å². The van der Waals surface area contributed by atoms with E-state index in [9.17, 15) is 0 Å². The topological polar surface area (TPSA) is 55.6 Å². The molecule has 0 bridgehead atoms. The molecule has 0 spiro atoms. The summed E-state index contributed by atoms with van der Waals surface area (Å²) < 4.78 is 2.02. The van der Waals surface area contributed by atoms with Gasteiger partial charge in [0.1, 0.15) is 5.82 Å². The lowest BCUT2D eigenvalue weighted by molar-refractivity contribution is 0.787. The molecule has 0 saturated heterocycles. The van der Waals surface area contributed by atoms with Crippen LogP contribution in [0.15, 0.2) is 42.9 Å². The summed E-state index contributed by atoms with van der Waals surface area (Å²) in [5.41, 5.74) is 0.956.